The molecule has 0 saturated heterocycles. The zero-order chi connectivity index (χ0) is 21.4. The van der Waals surface area contributed by atoms with Crippen molar-refractivity contribution in [3.63, 3.8) is 0 Å². The molecule has 1 saturated carbocycles. The standard InChI is InChI=1S/C27H28N2O2/c1-17-21(18-10-4-2-5-11-18)16-22(30)26-23(17)24(27(31)28-20-14-8-9-15-20)25(29-26)19-12-6-3-7-13-19/h2-7,10-13,17,20-21,29H,8-9,14-16H2,1H3,(H,28,31)/t17-,21+/m0/s1. The van der Waals surface area contributed by atoms with Crippen LogP contribution in [0.25, 0.3) is 11.3 Å². The van der Waals surface area contributed by atoms with Gasteiger partial charge in [0.1, 0.15) is 0 Å². The number of carbonyl (C=O) groups excluding carboxylic acids is 2. The van der Waals surface area contributed by atoms with E-state index in [1.165, 1.54) is 0 Å². The molecule has 1 amide bonds. The fraction of sp³-hybridized carbons (Fsp3) is 0.333. The molecule has 1 aromatic heterocycles. The van der Waals surface area contributed by atoms with Crippen molar-refractivity contribution in [2.75, 3.05) is 0 Å². The van der Waals surface area contributed by atoms with E-state index >= 15 is 0 Å². The number of ketones is 1. The lowest BCUT2D eigenvalue weighted by Crippen LogP contribution is -2.34. The van der Waals surface area contributed by atoms with Gasteiger partial charge in [-0.2, -0.15) is 0 Å². The van der Waals surface area contributed by atoms with Crippen LogP contribution in [0.5, 0.6) is 0 Å². The van der Waals surface area contributed by atoms with E-state index in [2.05, 4.69) is 29.4 Å². The van der Waals surface area contributed by atoms with Crippen LogP contribution in [-0.2, 0) is 0 Å². The highest BCUT2D eigenvalue weighted by Gasteiger charge is 2.39. The van der Waals surface area contributed by atoms with E-state index in [1.807, 2.05) is 48.5 Å². The van der Waals surface area contributed by atoms with Gasteiger partial charge in [-0.15, -0.1) is 0 Å². The van der Waals surface area contributed by atoms with E-state index in [4.69, 9.17) is 0 Å². The van der Waals surface area contributed by atoms with E-state index in [-0.39, 0.29) is 29.6 Å². The molecular weight excluding hydrogens is 384 g/mol. The summed E-state index contributed by atoms with van der Waals surface area (Å²) < 4.78 is 0. The number of rotatable bonds is 4. The van der Waals surface area contributed by atoms with Crippen LogP contribution in [0.15, 0.2) is 60.7 Å². The molecule has 3 aromatic rings. The van der Waals surface area contributed by atoms with Gasteiger partial charge in [-0.05, 0) is 41.4 Å². The highest BCUT2D eigenvalue weighted by molar-refractivity contribution is 6.08. The second-order valence-electron chi connectivity index (χ2n) is 8.92. The van der Waals surface area contributed by atoms with Crippen LogP contribution in [0.2, 0.25) is 0 Å². The number of fused-ring (bicyclic) bond motifs is 1. The summed E-state index contributed by atoms with van der Waals surface area (Å²) in [6, 6.07) is 20.3. The van der Waals surface area contributed by atoms with Crippen molar-refractivity contribution < 1.29 is 9.59 Å². The maximum absolute atomic E-state index is 13.6. The summed E-state index contributed by atoms with van der Waals surface area (Å²) in [7, 11) is 0. The number of H-pyrrole nitrogens is 1. The summed E-state index contributed by atoms with van der Waals surface area (Å²) in [5, 5.41) is 3.26. The summed E-state index contributed by atoms with van der Waals surface area (Å²) in [5.74, 6) is 0.155. The van der Waals surface area contributed by atoms with E-state index in [9.17, 15) is 9.59 Å². The largest absolute Gasteiger partial charge is 0.351 e. The Balaban J connectivity index is 1.63. The molecule has 0 bridgehead atoms. The molecule has 0 unspecified atom stereocenters. The third kappa shape index (κ3) is 3.60. The van der Waals surface area contributed by atoms with Crippen LogP contribution in [0.3, 0.4) is 0 Å². The van der Waals surface area contributed by atoms with E-state index < -0.39 is 0 Å². The number of aromatic nitrogens is 1. The first-order valence-electron chi connectivity index (χ1n) is 11.3. The summed E-state index contributed by atoms with van der Waals surface area (Å²) in [6.45, 7) is 2.15. The Morgan fingerprint density at radius 1 is 0.935 bits per heavy atom. The van der Waals surface area contributed by atoms with E-state index in [0.29, 0.717) is 17.7 Å². The van der Waals surface area contributed by atoms with Gasteiger partial charge < -0.3 is 10.3 Å². The van der Waals surface area contributed by atoms with Crippen LogP contribution in [0, 0.1) is 0 Å². The van der Waals surface area contributed by atoms with Crippen molar-refractivity contribution in [2.45, 2.75) is 56.9 Å². The summed E-state index contributed by atoms with van der Waals surface area (Å²) in [4.78, 5) is 30.2. The van der Waals surface area contributed by atoms with Crippen molar-refractivity contribution in [3.05, 3.63) is 83.0 Å². The maximum atomic E-state index is 13.6. The number of hydrogen-bond donors (Lipinski definition) is 2. The first-order chi connectivity index (χ1) is 15.1. The molecular formula is C27H28N2O2. The average Bonchev–Trinajstić information content (AvgIpc) is 3.45. The first kappa shape index (κ1) is 19.8. The molecule has 2 aliphatic rings. The monoisotopic (exact) mass is 412 g/mol. The second kappa shape index (κ2) is 8.18. The molecule has 2 aromatic carbocycles. The van der Waals surface area contributed by atoms with Crippen LogP contribution in [-0.4, -0.2) is 22.7 Å². The van der Waals surface area contributed by atoms with Crippen molar-refractivity contribution >= 4 is 11.7 Å². The Bertz CT molecular complexity index is 1100. The quantitative estimate of drug-likeness (QED) is 0.566. The lowest BCUT2D eigenvalue weighted by Gasteiger charge is -2.29. The normalized spacial score (nSPS) is 21.1. The van der Waals surface area contributed by atoms with Crippen LogP contribution in [0.4, 0.5) is 0 Å². The van der Waals surface area contributed by atoms with Crippen LogP contribution >= 0.6 is 0 Å². The average molecular weight is 413 g/mol. The number of amides is 1. The molecule has 0 spiro atoms. The van der Waals surface area contributed by atoms with Crippen molar-refractivity contribution in [1.82, 2.24) is 10.3 Å². The van der Waals surface area contributed by atoms with Crippen molar-refractivity contribution in [2.24, 2.45) is 0 Å². The second-order valence-corrected chi connectivity index (χ2v) is 8.92. The number of nitrogens with one attached hydrogen (secondary N) is 2. The third-order valence-electron chi connectivity index (χ3n) is 6.99. The predicted molar refractivity (Wildman–Crippen MR) is 122 cm³/mol. The van der Waals surface area contributed by atoms with Gasteiger partial charge in [-0.25, -0.2) is 0 Å². The lowest BCUT2D eigenvalue weighted by molar-refractivity contribution is 0.0937. The zero-order valence-corrected chi connectivity index (χ0v) is 17.9. The molecule has 0 radical (unpaired) electrons. The van der Waals surface area contributed by atoms with Crippen molar-refractivity contribution in [1.29, 1.82) is 0 Å². The van der Waals surface area contributed by atoms with Gasteiger partial charge in [0, 0.05) is 12.5 Å². The molecule has 2 N–H and O–H groups in total. The fourth-order valence-electron chi connectivity index (χ4n) is 5.36. The highest BCUT2D eigenvalue weighted by Crippen LogP contribution is 2.46. The van der Waals surface area contributed by atoms with Gasteiger partial charge in [0.2, 0.25) is 0 Å². The number of hydrogen-bond acceptors (Lipinski definition) is 2. The molecule has 4 nitrogen and oxygen atoms in total. The van der Waals surface area contributed by atoms with Gasteiger partial charge in [0.25, 0.3) is 5.91 Å². The first-order valence-corrected chi connectivity index (χ1v) is 11.3. The van der Waals surface area contributed by atoms with Gasteiger partial charge in [0.05, 0.1) is 17.0 Å². The molecule has 4 heteroatoms. The van der Waals surface area contributed by atoms with E-state index in [1.54, 1.807) is 0 Å². The summed E-state index contributed by atoms with van der Waals surface area (Å²) >= 11 is 0. The fourth-order valence-corrected chi connectivity index (χ4v) is 5.36. The van der Waals surface area contributed by atoms with E-state index in [0.717, 1.165) is 48.1 Å². The SMILES string of the molecule is C[C@@H]1c2c([nH]c(-c3ccccc3)c2C(=O)NC2CCCC2)C(=O)C[C@H]1c1ccccc1. The Morgan fingerprint density at radius 3 is 2.26 bits per heavy atom. The maximum Gasteiger partial charge on any atom is 0.254 e. The topological polar surface area (TPSA) is 62.0 Å². The van der Waals surface area contributed by atoms with Gasteiger partial charge in [0.15, 0.2) is 5.78 Å². The van der Waals surface area contributed by atoms with Crippen LogP contribution in [0.1, 0.15) is 82.8 Å². The van der Waals surface area contributed by atoms with Crippen LogP contribution < -0.4 is 5.32 Å². The highest BCUT2D eigenvalue weighted by atomic mass is 16.2. The Labute approximate surface area is 183 Å². The number of benzene rings is 2. The number of aromatic amines is 1. The minimum atomic E-state index is -0.0587. The molecule has 0 aliphatic heterocycles. The molecule has 1 heterocycles. The minimum absolute atomic E-state index is 0.0587. The Kier molecular flexibility index (Phi) is 5.23. The Hall–Kier alpha value is -3.14. The van der Waals surface area contributed by atoms with Gasteiger partial charge in [-0.1, -0.05) is 80.4 Å². The van der Waals surface area contributed by atoms with Crippen molar-refractivity contribution in [3.8, 4) is 11.3 Å². The number of Topliss-reactive ketones (excluding diaryl/α,β-unsaturated/α-hetero) is 1. The third-order valence-corrected chi connectivity index (χ3v) is 6.99. The number of carbonyl (C=O) groups is 2. The molecule has 5 rings (SSSR count). The predicted octanol–water partition coefficient (Wildman–Crippen LogP) is 5.83. The molecule has 2 aliphatic carbocycles. The molecule has 31 heavy (non-hydrogen) atoms. The molecule has 158 valence electrons. The summed E-state index contributed by atoms with van der Waals surface area (Å²) in [6.07, 6.45) is 4.83. The lowest BCUT2D eigenvalue weighted by atomic mass is 9.73. The molecule has 2 atom stereocenters. The Morgan fingerprint density at radius 2 is 1.58 bits per heavy atom. The minimum Gasteiger partial charge on any atom is -0.351 e. The molecule has 1 fully saturated rings. The zero-order valence-electron chi connectivity index (χ0n) is 17.9. The smallest absolute Gasteiger partial charge is 0.254 e. The van der Waals surface area contributed by atoms with Gasteiger partial charge in [-0.3, -0.25) is 9.59 Å². The van der Waals surface area contributed by atoms with Gasteiger partial charge >= 0.3 is 0 Å². The summed E-state index contributed by atoms with van der Waals surface area (Å²) in [5.41, 5.74) is 4.97.